The van der Waals surface area contributed by atoms with E-state index in [1.165, 1.54) is 32.1 Å². The zero-order valence-electron chi connectivity index (χ0n) is 14.6. The van der Waals surface area contributed by atoms with E-state index in [1.807, 2.05) is 24.4 Å². The van der Waals surface area contributed by atoms with Gasteiger partial charge < -0.3 is 5.32 Å². The van der Waals surface area contributed by atoms with Crippen molar-refractivity contribution in [1.82, 2.24) is 19.4 Å². The van der Waals surface area contributed by atoms with Crippen LogP contribution in [0.4, 0.5) is 5.82 Å². The first-order valence-corrected chi connectivity index (χ1v) is 9.33. The van der Waals surface area contributed by atoms with E-state index >= 15 is 0 Å². The largest absolute Gasteiger partial charge is 0.367 e. The van der Waals surface area contributed by atoms with Crippen LogP contribution < -0.4 is 5.32 Å². The van der Waals surface area contributed by atoms with Gasteiger partial charge in [0.1, 0.15) is 11.5 Å². The van der Waals surface area contributed by atoms with E-state index in [0.717, 1.165) is 33.8 Å². The van der Waals surface area contributed by atoms with Crippen LogP contribution in [0, 0.1) is 0 Å². The molecule has 26 heavy (non-hydrogen) atoms. The third-order valence-electron chi connectivity index (χ3n) is 5.22. The van der Waals surface area contributed by atoms with Crippen molar-refractivity contribution >= 4 is 22.4 Å². The van der Waals surface area contributed by atoms with Crippen molar-refractivity contribution in [1.29, 1.82) is 0 Å². The number of pyridine rings is 1. The summed E-state index contributed by atoms with van der Waals surface area (Å²) < 4.78 is 2.09. The van der Waals surface area contributed by atoms with Crippen LogP contribution in [0.2, 0.25) is 0 Å². The van der Waals surface area contributed by atoms with Crippen LogP contribution in [-0.2, 0) is 0 Å². The van der Waals surface area contributed by atoms with Crippen molar-refractivity contribution < 1.29 is 0 Å². The highest BCUT2D eigenvalue weighted by molar-refractivity contribution is 5.83. The minimum absolute atomic E-state index is 0.496. The molecule has 1 saturated carbocycles. The summed E-state index contributed by atoms with van der Waals surface area (Å²) in [4.78, 5) is 13.9. The first-order valence-electron chi connectivity index (χ1n) is 9.33. The number of hydrogen-bond donors (Lipinski definition) is 1. The number of aromatic nitrogens is 4. The number of imidazole rings is 1. The van der Waals surface area contributed by atoms with Gasteiger partial charge in [0.15, 0.2) is 5.65 Å². The molecule has 4 aromatic rings. The Hall–Kier alpha value is -2.95. The number of nitrogens with zero attached hydrogens (tertiary/aromatic N) is 4. The lowest BCUT2D eigenvalue weighted by Crippen LogP contribution is -2.23. The zero-order chi connectivity index (χ0) is 17.3. The van der Waals surface area contributed by atoms with Gasteiger partial charge in [-0.3, -0.25) is 9.38 Å². The Kier molecular flexibility index (Phi) is 3.77. The second-order valence-corrected chi connectivity index (χ2v) is 6.98. The molecule has 5 rings (SSSR count). The maximum absolute atomic E-state index is 4.86. The molecule has 0 amide bonds. The van der Waals surface area contributed by atoms with E-state index in [-0.39, 0.29) is 0 Å². The fraction of sp³-hybridized carbons (Fsp3) is 0.286. The topological polar surface area (TPSA) is 55.1 Å². The van der Waals surface area contributed by atoms with Crippen LogP contribution in [0.25, 0.3) is 27.9 Å². The molecule has 1 aliphatic carbocycles. The molecule has 1 aliphatic rings. The molecule has 1 aromatic carbocycles. The lowest BCUT2D eigenvalue weighted by Gasteiger charge is -2.24. The molecule has 0 atom stereocenters. The van der Waals surface area contributed by atoms with Gasteiger partial charge in [0, 0.05) is 23.8 Å². The lowest BCUT2D eigenvalue weighted by molar-refractivity contribution is 0.461. The summed E-state index contributed by atoms with van der Waals surface area (Å²) in [5, 5.41) is 4.89. The highest BCUT2D eigenvalue weighted by Crippen LogP contribution is 2.31. The molecule has 0 unspecified atom stereocenters. The summed E-state index contributed by atoms with van der Waals surface area (Å²) in [7, 11) is 0. The summed E-state index contributed by atoms with van der Waals surface area (Å²) in [5.41, 5.74) is 3.62. The normalized spacial score (nSPS) is 15.5. The molecule has 0 radical (unpaired) electrons. The second-order valence-electron chi connectivity index (χ2n) is 6.98. The third-order valence-corrected chi connectivity index (χ3v) is 5.22. The van der Waals surface area contributed by atoms with E-state index < -0.39 is 0 Å². The third kappa shape index (κ3) is 2.69. The molecule has 1 N–H and O–H groups in total. The number of nitrogens with one attached hydrogen (secondary N) is 1. The van der Waals surface area contributed by atoms with Crippen LogP contribution >= 0.6 is 0 Å². The number of hydrogen-bond acceptors (Lipinski definition) is 4. The molecule has 3 heterocycles. The summed E-state index contributed by atoms with van der Waals surface area (Å²) in [6, 6.07) is 12.9. The van der Waals surface area contributed by atoms with Gasteiger partial charge in [-0.25, -0.2) is 9.97 Å². The molecular formula is C21H21N5. The number of rotatable bonds is 3. The van der Waals surface area contributed by atoms with Crippen LogP contribution in [0.1, 0.15) is 32.1 Å². The average molecular weight is 343 g/mol. The molecule has 0 saturated heterocycles. The van der Waals surface area contributed by atoms with Crippen molar-refractivity contribution in [2.45, 2.75) is 38.1 Å². The predicted octanol–water partition coefficient (Wildman–Crippen LogP) is 4.69. The van der Waals surface area contributed by atoms with Crippen LogP contribution in [-0.4, -0.2) is 25.4 Å². The Bertz CT molecular complexity index is 1060. The summed E-state index contributed by atoms with van der Waals surface area (Å²) in [5.74, 6) is 1.03. The van der Waals surface area contributed by atoms with Gasteiger partial charge in [0.25, 0.3) is 0 Å². The Morgan fingerprint density at radius 3 is 2.77 bits per heavy atom. The second kappa shape index (κ2) is 6.41. The predicted molar refractivity (Wildman–Crippen MR) is 104 cm³/mol. The lowest BCUT2D eigenvalue weighted by atomic mass is 9.95. The van der Waals surface area contributed by atoms with Gasteiger partial charge >= 0.3 is 0 Å². The summed E-state index contributed by atoms with van der Waals surface area (Å²) in [6.45, 7) is 0. The SMILES string of the molecule is c1ccc2nc(-c3nc4cnccn4c3NC3CCCCC3)ccc2c1. The molecule has 130 valence electrons. The summed E-state index contributed by atoms with van der Waals surface area (Å²) in [6.07, 6.45) is 11.9. The maximum atomic E-state index is 4.86. The molecule has 0 aliphatic heterocycles. The number of fused-ring (bicyclic) bond motifs is 2. The van der Waals surface area contributed by atoms with E-state index in [9.17, 15) is 0 Å². The molecule has 5 heteroatoms. The van der Waals surface area contributed by atoms with Gasteiger partial charge in [0.05, 0.1) is 17.4 Å². The Morgan fingerprint density at radius 1 is 0.962 bits per heavy atom. The average Bonchev–Trinajstić information content (AvgIpc) is 3.07. The van der Waals surface area contributed by atoms with Gasteiger partial charge in [0.2, 0.25) is 0 Å². The van der Waals surface area contributed by atoms with Crippen molar-refractivity contribution in [3.05, 3.63) is 55.0 Å². The molecule has 0 spiro atoms. The van der Waals surface area contributed by atoms with E-state index in [2.05, 4.69) is 32.9 Å². The van der Waals surface area contributed by atoms with Crippen molar-refractivity contribution in [3.8, 4) is 11.4 Å². The minimum atomic E-state index is 0.496. The van der Waals surface area contributed by atoms with Crippen LogP contribution in [0.3, 0.4) is 0 Å². The van der Waals surface area contributed by atoms with E-state index in [4.69, 9.17) is 9.97 Å². The zero-order valence-corrected chi connectivity index (χ0v) is 14.6. The van der Waals surface area contributed by atoms with E-state index in [0.29, 0.717) is 6.04 Å². The maximum Gasteiger partial charge on any atom is 0.157 e. The minimum Gasteiger partial charge on any atom is -0.367 e. The van der Waals surface area contributed by atoms with Crippen molar-refractivity contribution in [2.24, 2.45) is 0 Å². The molecule has 1 fully saturated rings. The quantitative estimate of drug-likeness (QED) is 0.586. The van der Waals surface area contributed by atoms with Gasteiger partial charge in [-0.2, -0.15) is 0 Å². The van der Waals surface area contributed by atoms with Gasteiger partial charge in [-0.1, -0.05) is 43.5 Å². The number of benzene rings is 1. The Morgan fingerprint density at radius 2 is 1.85 bits per heavy atom. The first kappa shape index (κ1) is 15.3. The number of anilines is 1. The van der Waals surface area contributed by atoms with Crippen LogP contribution in [0.15, 0.2) is 55.0 Å². The monoisotopic (exact) mass is 343 g/mol. The van der Waals surface area contributed by atoms with Crippen molar-refractivity contribution in [2.75, 3.05) is 5.32 Å². The Balaban J connectivity index is 1.64. The molecular weight excluding hydrogens is 322 g/mol. The molecule has 3 aromatic heterocycles. The first-order chi connectivity index (χ1) is 12.9. The van der Waals surface area contributed by atoms with Gasteiger partial charge in [-0.05, 0) is 25.0 Å². The summed E-state index contributed by atoms with van der Waals surface area (Å²) >= 11 is 0. The standard InChI is InChI=1S/C21H21N5/c1-2-7-16(8-3-1)23-21-20(25-19-14-22-12-13-26(19)21)18-11-10-15-6-4-5-9-17(15)24-18/h4-6,9-14,16,23H,1-3,7-8H2. The van der Waals surface area contributed by atoms with Crippen molar-refractivity contribution in [3.63, 3.8) is 0 Å². The Labute approximate surface area is 152 Å². The molecule has 5 nitrogen and oxygen atoms in total. The smallest absolute Gasteiger partial charge is 0.157 e. The van der Waals surface area contributed by atoms with E-state index in [1.54, 1.807) is 12.4 Å². The highest BCUT2D eigenvalue weighted by Gasteiger charge is 2.20. The highest BCUT2D eigenvalue weighted by atomic mass is 15.2. The fourth-order valence-corrected chi connectivity index (χ4v) is 3.86. The van der Waals surface area contributed by atoms with Gasteiger partial charge in [-0.15, -0.1) is 0 Å². The molecule has 0 bridgehead atoms. The number of para-hydroxylation sites is 1. The fourth-order valence-electron chi connectivity index (χ4n) is 3.86. The van der Waals surface area contributed by atoms with Crippen LogP contribution in [0.5, 0.6) is 0 Å².